The summed E-state index contributed by atoms with van der Waals surface area (Å²) in [6.45, 7) is 0. The lowest BCUT2D eigenvalue weighted by Gasteiger charge is -2.15. The maximum atomic E-state index is 13.5. The van der Waals surface area contributed by atoms with Crippen molar-refractivity contribution in [1.82, 2.24) is 0 Å². The fourth-order valence-corrected chi connectivity index (χ4v) is 3.08. The molecule has 0 heterocycles. The van der Waals surface area contributed by atoms with Crippen LogP contribution in [0, 0.1) is 15.9 Å². The van der Waals surface area contributed by atoms with Gasteiger partial charge in [-0.15, -0.1) is 0 Å². The van der Waals surface area contributed by atoms with Crippen LogP contribution < -0.4 is 5.32 Å². The first-order chi connectivity index (χ1) is 12.8. The number of nitrogens with one attached hydrogen (secondary N) is 1. The molecular formula is C15H6Br2ClF3N2O5. The number of rotatable bonds is 5. The molecule has 0 saturated carbocycles. The zero-order valence-electron chi connectivity index (χ0n) is 13.1. The smallest absolute Gasteiger partial charge is 0.378 e. The molecule has 0 fully saturated rings. The highest BCUT2D eigenvalue weighted by Gasteiger charge is 2.37. The Bertz CT molecular complexity index is 1010. The predicted octanol–water partition coefficient (Wildman–Crippen LogP) is 5.01. The molecule has 0 aliphatic rings. The van der Waals surface area contributed by atoms with Gasteiger partial charge in [0, 0.05) is 21.5 Å². The standard InChI is InChI=1S/C15H6Br2ClF3N2O5/c16-11-10(13(25)6-3-5(19)1-2-7(6)18)8(23(27)28)4-9(24)12(11)22-14(26)15(17,20)21/h1-4,24H,(H,22,26). The summed E-state index contributed by atoms with van der Waals surface area (Å²) in [5.74, 6) is -4.90. The molecule has 148 valence electrons. The minimum Gasteiger partial charge on any atom is -0.505 e. The molecule has 0 aliphatic heterocycles. The monoisotopic (exact) mass is 544 g/mol. The summed E-state index contributed by atoms with van der Waals surface area (Å²) < 4.78 is 39.0. The molecule has 13 heteroatoms. The molecule has 2 aromatic carbocycles. The Morgan fingerprint density at radius 3 is 2.43 bits per heavy atom. The van der Waals surface area contributed by atoms with Crippen LogP contribution in [0.5, 0.6) is 5.75 Å². The Balaban J connectivity index is 2.73. The average Bonchev–Trinajstić information content (AvgIpc) is 2.58. The van der Waals surface area contributed by atoms with Gasteiger partial charge in [0.25, 0.3) is 5.69 Å². The lowest BCUT2D eigenvalue weighted by molar-refractivity contribution is -0.385. The Morgan fingerprint density at radius 1 is 1.29 bits per heavy atom. The minimum atomic E-state index is -4.03. The summed E-state index contributed by atoms with van der Waals surface area (Å²) >= 11 is 10.4. The molecule has 1 amide bonds. The van der Waals surface area contributed by atoms with E-state index in [-0.39, 0.29) is 5.02 Å². The third kappa shape index (κ3) is 4.45. The number of halogens is 6. The molecule has 2 aromatic rings. The van der Waals surface area contributed by atoms with Gasteiger partial charge in [0.05, 0.1) is 26.2 Å². The van der Waals surface area contributed by atoms with E-state index in [0.717, 1.165) is 18.2 Å². The molecule has 0 aromatic heterocycles. The van der Waals surface area contributed by atoms with Crippen LogP contribution in [0.2, 0.25) is 5.02 Å². The maximum absolute atomic E-state index is 13.5. The first-order valence-corrected chi connectivity index (χ1v) is 8.88. The molecule has 0 aliphatic carbocycles. The van der Waals surface area contributed by atoms with Gasteiger partial charge < -0.3 is 10.4 Å². The third-order valence-corrected chi connectivity index (χ3v) is 4.80. The number of benzene rings is 2. The number of nitro groups is 1. The molecule has 0 spiro atoms. The van der Waals surface area contributed by atoms with Gasteiger partial charge in [-0.25, -0.2) is 4.39 Å². The van der Waals surface area contributed by atoms with Crippen molar-refractivity contribution in [1.29, 1.82) is 0 Å². The number of aromatic hydroxyl groups is 1. The Labute approximate surface area is 175 Å². The first-order valence-electron chi connectivity index (χ1n) is 6.92. The highest BCUT2D eigenvalue weighted by atomic mass is 79.9. The lowest BCUT2D eigenvalue weighted by Crippen LogP contribution is -2.28. The summed E-state index contributed by atoms with van der Waals surface area (Å²) in [6, 6.07) is 3.19. The second-order valence-electron chi connectivity index (χ2n) is 5.14. The zero-order valence-corrected chi connectivity index (χ0v) is 17.0. The molecule has 0 unspecified atom stereocenters. The van der Waals surface area contributed by atoms with E-state index >= 15 is 0 Å². The largest absolute Gasteiger partial charge is 0.505 e. The van der Waals surface area contributed by atoms with Crippen molar-refractivity contribution in [3.8, 4) is 5.75 Å². The van der Waals surface area contributed by atoms with Crippen LogP contribution in [-0.4, -0.2) is 26.6 Å². The number of nitrogens with zero attached hydrogens (tertiary/aromatic N) is 1. The number of phenolic OH excluding ortho intramolecular Hbond substituents is 1. The predicted molar refractivity (Wildman–Crippen MR) is 99.8 cm³/mol. The topological polar surface area (TPSA) is 110 Å². The van der Waals surface area contributed by atoms with Gasteiger partial charge in [0.2, 0.25) is 5.78 Å². The van der Waals surface area contributed by atoms with Crippen molar-refractivity contribution in [2.24, 2.45) is 0 Å². The Hall–Kier alpha value is -2.18. The molecule has 0 bridgehead atoms. The molecule has 0 saturated heterocycles. The molecular weight excluding hydrogens is 540 g/mol. The first kappa shape index (κ1) is 22.1. The number of anilines is 1. The highest BCUT2D eigenvalue weighted by Crippen LogP contribution is 2.43. The van der Waals surface area contributed by atoms with E-state index in [1.54, 1.807) is 5.32 Å². The van der Waals surface area contributed by atoms with Crippen LogP contribution in [0.3, 0.4) is 0 Å². The molecule has 0 atom stereocenters. The van der Waals surface area contributed by atoms with Gasteiger partial charge in [-0.2, -0.15) is 8.78 Å². The van der Waals surface area contributed by atoms with E-state index in [9.17, 15) is 38.0 Å². The number of ketones is 1. The van der Waals surface area contributed by atoms with Gasteiger partial charge in [0.15, 0.2) is 0 Å². The molecule has 2 N–H and O–H groups in total. The minimum absolute atomic E-state index is 0.238. The summed E-state index contributed by atoms with van der Waals surface area (Å²) in [5.41, 5.74) is -2.87. The summed E-state index contributed by atoms with van der Waals surface area (Å²) in [7, 11) is 0. The quantitative estimate of drug-likeness (QED) is 0.180. The van der Waals surface area contributed by atoms with E-state index < -0.39 is 60.0 Å². The van der Waals surface area contributed by atoms with Crippen molar-refractivity contribution in [2.45, 2.75) is 4.83 Å². The highest BCUT2D eigenvalue weighted by molar-refractivity contribution is 9.10. The Kier molecular flexibility index (Phi) is 6.36. The van der Waals surface area contributed by atoms with E-state index in [2.05, 4.69) is 15.9 Å². The SMILES string of the molecule is O=C(c1cc(F)ccc1Cl)c1c([N+](=O)[O-])cc(O)c(NC(=O)C(F)(F)Br)c1Br. The molecule has 28 heavy (non-hydrogen) atoms. The van der Waals surface area contributed by atoms with Crippen LogP contribution in [0.25, 0.3) is 0 Å². The molecule has 2 rings (SSSR count). The van der Waals surface area contributed by atoms with Crippen LogP contribution in [0.1, 0.15) is 15.9 Å². The van der Waals surface area contributed by atoms with Crippen molar-refractivity contribution in [2.75, 3.05) is 5.32 Å². The number of carbonyl (C=O) groups excluding carboxylic acids is 2. The van der Waals surface area contributed by atoms with E-state index in [0.29, 0.717) is 6.07 Å². The third-order valence-electron chi connectivity index (χ3n) is 3.32. The van der Waals surface area contributed by atoms with Crippen molar-refractivity contribution in [3.05, 3.63) is 60.8 Å². The maximum Gasteiger partial charge on any atom is 0.378 e. The van der Waals surface area contributed by atoms with E-state index in [4.69, 9.17) is 11.6 Å². The number of amides is 1. The number of hydrogen-bond donors (Lipinski definition) is 2. The summed E-state index contributed by atoms with van der Waals surface area (Å²) in [5, 5.41) is 22.6. The molecule has 7 nitrogen and oxygen atoms in total. The van der Waals surface area contributed by atoms with Crippen LogP contribution in [-0.2, 0) is 4.79 Å². The van der Waals surface area contributed by atoms with Gasteiger partial charge in [-0.05, 0) is 34.1 Å². The number of alkyl halides is 3. The van der Waals surface area contributed by atoms with Crippen LogP contribution >= 0.6 is 43.5 Å². The fourth-order valence-electron chi connectivity index (χ4n) is 2.09. The lowest BCUT2D eigenvalue weighted by atomic mass is 10.00. The summed E-state index contributed by atoms with van der Waals surface area (Å²) in [6.07, 6.45) is 0. The van der Waals surface area contributed by atoms with Crippen molar-refractivity contribution < 1.29 is 32.8 Å². The van der Waals surface area contributed by atoms with Crippen LogP contribution in [0.4, 0.5) is 24.5 Å². The second kappa shape index (κ2) is 8.05. The number of hydrogen-bond acceptors (Lipinski definition) is 5. The second-order valence-corrected chi connectivity index (χ2v) is 7.34. The van der Waals surface area contributed by atoms with E-state index in [1.165, 1.54) is 0 Å². The number of carbonyl (C=O) groups is 2. The fraction of sp³-hybridized carbons (Fsp3) is 0.0667. The van der Waals surface area contributed by atoms with Gasteiger partial charge >= 0.3 is 10.7 Å². The van der Waals surface area contributed by atoms with Crippen LogP contribution in [0.15, 0.2) is 28.7 Å². The number of nitro benzene ring substituents is 1. The van der Waals surface area contributed by atoms with E-state index in [1.807, 2.05) is 15.9 Å². The number of phenols is 1. The summed E-state index contributed by atoms with van der Waals surface area (Å²) in [4.78, 5) is 30.5. The van der Waals surface area contributed by atoms with Gasteiger partial charge in [-0.1, -0.05) is 11.6 Å². The van der Waals surface area contributed by atoms with Crippen molar-refractivity contribution >= 4 is 66.5 Å². The van der Waals surface area contributed by atoms with Gasteiger partial charge in [0.1, 0.15) is 17.1 Å². The van der Waals surface area contributed by atoms with Crippen molar-refractivity contribution in [3.63, 3.8) is 0 Å². The zero-order chi connectivity index (χ0) is 21.4. The molecule has 0 radical (unpaired) electrons. The van der Waals surface area contributed by atoms with Gasteiger partial charge in [-0.3, -0.25) is 19.7 Å². The Morgan fingerprint density at radius 2 is 1.89 bits per heavy atom. The normalized spacial score (nSPS) is 11.2. The average molecular weight is 546 g/mol.